The molecule has 0 radical (unpaired) electrons. The van der Waals surface area contributed by atoms with E-state index in [2.05, 4.69) is 38.5 Å². The Bertz CT molecular complexity index is 422. The molecule has 1 saturated carbocycles. The van der Waals surface area contributed by atoms with Crippen molar-refractivity contribution in [1.82, 2.24) is 0 Å². The number of ether oxygens (including phenoxy) is 1. The van der Waals surface area contributed by atoms with Gasteiger partial charge in [-0.1, -0.05) is 44.7 Å². The first-order valence-electron chi connectivity index (χ1n) is 8.29. The van der Waals surface area contributed by atoms with Gasteiger partial charge in [0.15, 0.2) is 0 Å². The number of rotatable bonds is 8. The zero-order chi connectivity index (χ0) is 17.3. The second-order valence-corrected chi connectivity index (χ2v) is 6.43. The van der Waals surface area contributed by atoms with Crippen molar-refractivity contribution in [2.75, 3.05) is 19.8 Å². The Hall–Kier alpha value is -0.200. The molecule has 2 aliphatic rings. The van der Waals surface area contributed by atoms with Gasteiger partial charge in [0, 0.05) is 0 Å². The Morgan fingerprint density at radius 1 is 1.30 bits per heavy atom. The molecule has 1 aliphatic heterocycles. The molecule has 1 aliphatic carbocycles. The van der Waals surface area contributed by atoms with E-state index < -0.39 is 0 Å². The lowest BCUT2D eigenvalue weighted by Crippen LogP contribution is -2.44. The van der Waals surface area contributed by atoms with Gasteiger partial charge in [0.05, 0.1) is 25.2 Å². The molecule has 2 rings (SSSR count). The molecule has 1 heterocycles. The minimum absolute atomic E-state index is 0.145. The van der Waals surface area contributed by atoms with E-state index in [1.165, 1.54) is 5.57 Å². The molecule has 0 aromatic rings. The van der Waals surface area contributed by atoms with Crippen molar-refractivity contribution in [2.45, 2.75) is 45.6 Å². The molecular formula is C18H30O3S2. The van der Waals surface area contributed by atoms with Crippen molar-refractivity contribution in [2.24, 2.45) is 11.3 Å². The number of thiol groups is 2. The molecule has 0 bridgehead atoms. The van der Waals surface area contributed by atoms with E-state index in [-0.39, 0.29) is 11.0 Å². The summed E-state index contributed by atoms with van der Waals surface area (Å²) in [7, 11) is 0. The second kappa shape index (κ2) is 9.94. The van der Waals surface area contributed by atoms with Crippen LogP contribution >= 0.6 is 25.8 Å². The lowest BCUT2D eigenvalue weighted by atomic mass is 9.75. The molecule has 2 fully saturated rings. The van der Waals surface area contributed by atoms with Gasteiger partial charge >= 0.3 is 0 Å². The van der Waals surface area contributed by atoms with Crippen LogP contribution in [0.2, 0.25) is 0 Å². The third kappa shape index (κ3) is 4.45. The van der Waals surface area contributed by atoms with E-state index in [1.807, 2.05) is 39.0 Å². The zero-order valence-corrected chi connectivity index (χ0v) is 16.2. The third-order valence-electron chi connectivity index (χ3n) is 4.91. The molecular weight excluding hydrogens is 328 g/mol. The fraction of sp³-hybridized carbons (Fsp3) is 0.667. The predicted molar refractivity (Wildman–Crippen MR) is 103 cm³/mol. The maximum Gasteiger partial charge on any atom is 0.105 e. The van der Waals surface area contributed by atoms with Crippen molar-refractivity contribution in [3.63, 3.8) is 0 Å². The molecule has 2 unspecified atom stereocenters. The standard InChI is InChI=1S/C16H24O3S2.C2H6/c1-3-5-6-13(4-2)9-14-7-8-15(10-18-20,11-19-21)16(14)12-17-16;1-2/h3-6,14,20-21H,2,7-12H2,1H3;1-2H3/b5-3-,13-6+;. The van der Waals surface area contributed by atoms with Gasteiger partial charge in [0.1, 0.15) is 5.60 Å². The van der Waals surface area contributed by atoms with Crippen LogP contribution < -0.4 is 0 Å². The van der Waals surface area contributed by atoms with Crippen LogP contribution in [0.4, 0.5) is 0 Å². The molecule has 3 nitrogen and oxygen atoms in total. The fourth-order valence-electron chi connectivity index (χ4n) is 3.62. The molecule has 23 heavy (non-hydrogen) atoms. The van der Waals surface area contributed by atoms with Crippen LogP contribution in [0.25, 0.3) is 0 Å². The molecule has 1 saturated heterocycles. The molecule has 0 aromatic heterocycles. The molecule has 5 heteroatoms. The molecule has 0 aromatic carbocycles. The third-order valence-corrected chi connectivity index (χ3v) is 5.17. The van der Waals surface area contributed by atoms with E-state index in [9.17, 15) is 0 Å². The Morgan fingerprint density at radius 3 is 2.35 bits per heavy atom. The average molecular weight is 359 g/mol. The molecule has 132 valence electrons. The van der Waals surface area contributed by atoms with E-state index in [1.54, 1.807) is 0 Å². The first kappa shape index (κ1) is 20.8. The Kier molecular flexibility index (Phi) is 9.01. The van der Waals surface area contributed by atoms with E-state index in [0.717, 1.165) is 25.9 Å². The van der Waals surface area contributed by atoms with Gasteiger partial charge in [-0.3, -0.25) is 0 Å². The zero-order valence-electron chi connectivity index (χ0n) is 14.5. The average Bonchev–Trinajstić information content (AvgIpc) is 3.33. The highest BCUT2D eigenvalue weighted by atomic mass is 32.1. The molecule has 0 amide bonds. The number of epoxide rings is 1. The van der Waals surface area contributed by atoms with E-state index >= 15 is 0 Å². The van der Waals surface area contributed by atoms with Crippen LogP contribution in [-0.4, -0.2) is 25.4 Å². The van der Waals surface area contributed by atoms with E-state index in [4.69, 9.17) is 13.1 Å². The number of hydrogen-bond acceptors (Lipinski definition) is 5. The minimum Gasteiger partial charge on any atom is -0.368 e. The van der Waals surface area contributed by atoms with Gasteiger partial charge < -0.3 is 13.1 Å². The normalized spacial score (nSPS) is 28.7. The summed E-state index contributed by atoms with van der Waals surface area (Å²) in [5, 5.41) is 0. The van der Waals surface area contributed by atoms with Crippen LogP contribution in [0.15, 0.2) is 36.5 Å². The van der Waals surface area contributed by atoms with Gasteiger partial charge in [-0.2, -0.15) is 0 Å². The van der Waals surface area contributed by atoms with Gasteiger partial charge in [0.25, 0.3) is 0 Å². The highest BCUT2D eigenvalue weighted by Crippen LogP contribution is 2.61. The summed E-state index contributed by atoms with van der Waals surface area (Å²) in [6.07, 6.45) is 11.2. The SMILES string of the molecule is C=C/C(=C\C=C/C)CC1CCC(COS)(COS)C12CO2.CC. The first-order chi connectivity index (χ1) is 11.2. The Balaban J connectivity index is 0.00000127. The van der Waals surface area contributed by atoms with Crippen LogP contribution in [0.1, 0.15) is 40.0 Å². The van der Waals surface area contributed by atoms with Gasteiger partial charge in [-0.25, -0.2) is 0 Å². The monoisotopic (exact) mass is 358 g/mol. The topological polar surface area (TPSA) is 31.0 Å². The predicted octanol–water partition coefficient (Wildman–Crippen LogP) is 4.98. The largest absolute Gasteiger partial charge is 0.368 e. The smallest absolute Gasteiger partial charge is 0.105 e. The minimum atomic E-state index is -0.156. The van der Waals surface area contributed by atoms with Crippen LogP contribution in [0.3, 0.4) is 0 Å². The van der Waals surface area contributed by atoms with Crippen molar-refractivity contribution in [3.05, 3.63) is 36.5 Å². The second-order valence-electron chi connectivity index (χ2n) is 5.92. The van der Waals surface area contributed by atoms with Gasteiger partial charge in [-0.05, 0) is 63.5 Å². The summed E-state index contributed by atoms with van der Waals surface area (Å²) in [6.45, 7) is 11.7. The van der Waals surface area contributed by atoms with Crippen molar-refractivity contribution in [1.29, 1.82) is 0 Å². The van der Waals surface area contributed by atoms with Gasteiger partial charge in [0.2, 0.25) is 0 Å². The van der Waals surface area contributed by atoms with Crippen molar-refractivity contribution in [3.8, 4) is 0 Å². The summed E-state index contributed by atoms with van der Waals surface area (Å²) >= 11 is 7.88. The Labute approximate surface area is 152 Å². The molecule has 1 spiro atoms. The van der Waals surface area contributed by atoms with Gasteiger partial charge in [-0.15, -0.1) is 0 Å². The summed E-state index contributed by atoms with van der Waals surface area (Å²) < 4.78 is 16.2. The van der Waals surface area contributed by atoms with Crippen LogP contribution in [-0.2, 0) is 13.1 Å². The highest BCUT2D eigenvalue weighted by molar-refractivity contribution is 7.75. The van der Waals surface area contributed by atoms with Crippen LogP contribution in [0, 0.1) is 11.3 Å². The lowest BCUT2D eigenvalue weighted by molar-refractivity contribution is 0.0238. The lowest BCUT2D eigenvalue weighted by Gasteiger charge is -2.33. The fourth-order valence-corrected chi connectivity index (χ4v) is 4.11. The van der Waals surface area contributed by atoms with Crippen molar-refractivity contribution >= 4 is 25.8 Å². The Morgan fingerprint density at radius 2 is 1.91 bits per heavy atom. The maximum atomic E-state index is 5.93. The summed E-state index contributed by atoms with van der Waals surface area (Å²) in [5.41, 5.74) is 0.937. The summed E-state index contributed by atoms with van der Waals surface area (Å²) in [4.78, 5) is 0. The summed E-state index contributed by atoms with van der Waals surface area (Å²) in [6, 6.07) is 0. The quantitative estimate of drug-likeness (QED) is 0.278. The van der Waals surface area contributed by atoms with Crippen LogP contribution in [0.5, 0.6) is 0 Å². The number of allylic oxidation sites excluding steroid dienone is 5. The molecule has 0 N–H and O–H groups in total. The highest BCUT2D eigenvalue weighted by Gasteiger charge is 2.68. The maximum absolute atomic E-state index is 5.93. The number of hydrogen-bond donors (Lipinski definition) is 2. The summed E-state index contributed by atoms with van der Waals surface area (Å²) in [5.74, 6) is 0.457. The van der Waals surface area contributed by atoms with E-state index in [0.29, 0.717) is 19.1 Å². The van der Waals surface area contributed by atoms with Crippen molar-refractivity contribution < 1.29 is 13.1 Å². The molecule has 2 atom stereocenters. The first-order valence-corrected chi connectivity index (χ1v) is 9.02.